The number of nitrogens with zero attached hydrogens (tertiary/aromatic N) is 1. The lowest BCUT2D eigenvalue weighted by Crippen LogP contribution is -2.29. The van der Waals surface area contributed by atoms with Crippen molar-refractivity contribution >= 4 is 22.8 Å². The van der Waals surface area contributed by atoms with E-state index in [0.717, 1.165) is 34.2 Å². The number of urea groups is 1. The standard InChI is InChI=1S/C18H20N4O2/c1-3-10-19-18(23)20-17-14-9-8-12(11-15(14)21-22-17)13-6-4-5-7-16(13)24-2/h4-9,11H,3,10H2,1-2H3,(H3,19,20,21,22,23). The minimum Gasteiger partial charge on any atom is -0.496 e. The van der Waals surface area contributed by atoms with Gasteiger partial charge >= 0.3 is 6.03 Å². The Morgan fingerprint density at radius 3 is 2.88 bits per heavy atom. The number of para-hydroxylation sites is 1. The Morgan fingerprint density at radius 1 is 1.25 bits per heavy atom. The van der Waals surface area contributed by atoms with E-state index in [1.54, 1.807) is 7.11 Å². The van der Waals surface area contributed by atoms with Crippen LogP contribution < -0.4 is 15.4 Å². The molecule has 0 saturated carbocycles. The average Bonchev–Trinajstić information content (AvgIpc) is 3.02. The average molecular weight is 324 g/mol. The first-order valence-electron chi connectivity index (χ1n) is 7.89. The number of benzene rings is 2. The second kappa shape index (κ2) is 7.04. The van der Waals surface area contributed by atoms with Crippen LogP contribution in [0.15, 0.2) is 42.5 Å². The number of hydrogen-bond acceptors (Lipinski definition) is 3. The topological polar surface area (TPSA) is 79.0 Å². The highest BCUT2D eigenvalue weighted by molar-refractivity contribution is 6.00. The third-order valence-electron chi connectivity index (χ3n) is 3.75. The number of anilines is 1. The van der Waals surface area contributed by atoms with E-state index in [2.05, 4.69) is 20.8 Å². The van der Waals surface area contributed by atoms with Gasteiger partial charge in [-0.2, -0.15) is 5.10 Å². The quantitative estimate of drug-likeness (QED) is 0.668. The van der Waals surface area contributed by atoms with E-state index < -0.39 is 0 Å². The van der Waals surface area contributed by atoms with Crippen LogP contribution in [0.5, 0.6) is 5.75 Å². The molecule has 0 unspecified atom stereocenters. The number of aromatic nitrogens is 2. The molecule has 0 atom stereocenters. The summed E-state index contributed by atoms with van der Waals surface area (Å²) in [5.74, 6) is 1.33. The highest BCUT2D eigenvalue weighted by atomic mass is 16.5. The number of ether oxygens (including phenoxy) is 1. The van der Waals surface area contributed by atoms with Gasteiger partial charge in [-0.3, -0.25) is 10.4 Å². The SMILES string of the molecule is CCCNC(=O)Nc1n[nH]c2cc(-c3ccccc3OC)ccc12. The van der Waals surface area contributed by atoms with Crippen molar-refractivity contribution in [2.24, 2.45) is 0 Å². The number of aromatic amines is 1. The van der Waals surface area contributed by atoms with Crippen LogP contribution in [0.1, 0.15) is 13.3 Å². The maximum atomic E-state index is 11.8. The number of hydrogen-bond donors (Lipinski definition) is 3. The monoisotopic (exact) mass is 324 g/mol. The molecule has 1 heterocycles. The Bertz CT molecular complexity index is 857. The Kier molecular flexibility index (Phi) is 4.65. The Morgan fingerprint density at radius 2 is 2.08 bits per heavy atom. The fraction of sp³-hybridized carbons (Fsp3) is 0.222. The number of H-pyrrole nitrogens is 1. The second-order valence-electron chi connectivity index (χ2n) is 5.41. The van der Waals surface area contributed by atoms with Crippen LogP contribution in [0.3, 0.4) is 0 Å². The van der Waals surface area contributed by atoms with Gasteiger partial charge in [-0.1, -0.05) is 31.2 Å². The molecule has 3 aromatic rings. The van der Waals surface area contributed by atoms with Crippen molar-refractivity contribution in [3.8, 4) is 16.9 Å². The molecule has 3 rings (SSSR count). The summed E-state index contributed by atoms with van der Waals surface area (Å²) >= 11 is 0. The zero-order valence-electron chi connectivity index (χ0n) is 13.7. The highest BCUT2D eigenvalue weighted by Crippen LogP contribution is 2.32. The molecule has 2 amide bonds. The summed E-state index contributed by atoms with van der Waals surface area (Å²) in [6.07, 6.45) is 0.886. The molecule has 24 heavy (non-hydrogen) atoms. The van der Waals surface area contributed by atoms with Gasteiger partial charge in [0.05, 0.1) is 12.6 Å². The van der Waals surface area contributed by atoms with Crippen molar-refractivity contribution in [1.29, 1.82) is 0 Å². The van der Waals surface area contributed by atoms with Crippen molar-refractivity contribution in [1.82, 2.24) is 15.5 Å². The molecular formula is C18H20N4O2. The van der Waals surface area contributed by atoms with Crippen LogP contribution in [-0.2, 0) is 0 Å². The lowest BCUT2D eigenvalue weighted by molar-refractivity contribution is 0.252. The lowest BCUT2D eigenvalue weighted by Gasteiger charge is -2.08. The first-order chi connectivity index (χ1) is 11.7. The number of fused-ring (bicyclic) bond motifs is 1. The molecule has 6 heteroatoms. The molecule has 0 aliphatic carbocycles. The predicted molar refractivity (Wildman–Crippen MR) is 95.4 cm³/mol. The van der Waals surface area contributed by atoms with E-state index in [1.165, 1.54) is 0 Å². The third kappa shape index (κ3) is 3.17. The van der Waals surface area contributed by atoms with Crippen LogP contribution in [0.25, 0.3) is 22.0 Å². The van der Waals surface area contributed by atoms with Crippen molar-refractivity contribution in [2.45, 2.75) is 13.3 Å². The molecule has 0 aliphatic rings. The van der Waals surface area contributed by atoms with Gasteiger partial charge in [0.1, 0.15) is 5.75 Å². The van der Waals surface area contributed by atoms with Gasteiger partial charge in [0, 0.05) is 17.5 Å². The summed E-state index contributed by atoms with van der Waals surface area (Å²) in [5.41, 5.74) is 2.88. The van der Waals surface area contributed by atoms with E-state index in [1.807, 2.05) is 49.4 Å². The number of methoxy groups -OCH3 is 1. The Hall–Kier alpha value is -3.02. The summed E-state index contributed by atoms with van der Waals surface area (Å²) in [5, 5.41) is 13.5. The number of rotatable bonds is 5. The third-order valence-corrected chi connectivity index (χ3v) is 3.75. The minimum atomic E-state index is -0.251. The van der Waals surface area contributed by atoms with Crippen molar-refractivity contribution in [3.05, 3.63) is 42.5 Å². The molecular weight excluding hydrogens is 304 g/mol. The van der Waals surface area contributed by atoms with Gasteiger partial charge < -0.3 is 10.1 Å². The zero-order chi connectivity index (χ0) is 16.9. The second-order valence-corrected chi connectivity index (χ2v) is 5.41. The summed E-state index contributed by atoms with van der Waals surface area (Å²) in [6, 6.07) is 13.5. The van der Waals surface area contributed by atoms with E-state index in [9.17, 15) is 4.79 Å². The number of carbonyl (C=O) groups excluding carboxylic acids is 1. The molecule has 6 nitrogen and oxygen atoms in total. The predicted octanol–water partition coefficient (Wildman–Crippen LogP) is 3.77. The first-order valence-corrected chi connectivity index (χ1v) is 7.89. The highest BCUT2D eigenvalue weighted by Gasteiger charge is 2.11. The molecule has 1 aromatic heterocycles. The summed E-state index contributed by atoms with van der Waals surface area (Å²) in [4.78, 5) is 11.8. The molecule has 0 fully saturated rings. The molecule has 2 aromatic carbocycles. The fourth-order valence-electron chi connectivity index (χ4n) is 2.56. The molecule has 0 bridgehead atoms. The van der Waals surface area contributed by atoms with E-state index in [-0.39, 0.29) is 6.03 Å². The van der Waals surface area contributed by atoms with Crippen molar-refractivity contribution in [3.63, 3.8) is 0 Å². The maximum absolute atomic E-state index is 11.8. The smallest absolute Gasteiger partial charge is 0.320 e. The van der Waals surface area contributed by atoms with E-state index in [4.69, 9.17) is 4.74 Å². The van der Waals surface area contributed by atoms with Crippen molar-refractivity contribution in [2.75, 3.05) is 19.0 Å². The van der Waals surface area contributed by atoms with Gasteiger partial charge in [-0.25, -0.2) is 4.79 Å². The number of nitrogens with one attached hydrogen (secondary N) is 3. The van der Waals surface area contributed by atoms with Crippen LogP contribution >= 0.6 is 0 Å². The Labute approximate surface area is 140 Å². The van der Waals surface area contributed by atoms with Gasteiger partial charge in [0.2, 0.25) is 0 Å². The van der Waals surface area contributed by atoms with Gasteiger partial charge in [-0.05, 0) is 30.2 Å². The summed E-state index contributed by atoms with van der Waals surface area (Å²) < 4.78 is 5.42. The van der Waals surface area contributed by atoms with Gasteiger partial charge in [0.15, 0.2) is 5.82 Å². The largest absolute Gasteiger partial charge is 0.496 e. The molecule has 0 saturated heterocycles. The first kappa shape index (κ1) is 15.9. The maximum Gasteiger partial charge on any atom is 0.320 e. The van der Waals surface area contributed by atoms with Gasteiger partial charge in [0.25, 0.3) is 0 Å². The Balaban J connectivity index is 1.89. The van der Waals surface area contributed by atoms with E-state index in [0.29, 0.717) is 12.4 Å². The summed E-state index contributed by atoms with van der Waals surface area (Å²) in [6.45, 7) is 2.63. The molecule has 0 aliphatic heterocycles. The van der Waals surface area contributed by atoms with Crippen LogP contribution in [0.4, 0.5) is 10.6 Å². The molecule has 0 spiro atoms. The number of amides is 2. The molecule has 124 valence electrons. The van der Waals surface area contributed by atoms with Gasteiger partial charge in [-0.15, -0.1) is 0 Å². The minimum absolute atomic E-state index is 0.251. The normalized spacial score (nSPS) is 10.6. The lowest BCUT2D eigenvalue weighted by atomic mass is 10.0. The summed E-state index contributed by atoms with van der Waals surface area (Å²) in [7, 11) is 1.66. The van der Waals surface area contributed by atoms with E-state index >= 15 is 0 Å². The van der Waals surface area contributed by atoms with Crippen LogP contribution in [0, 0.1) is 0 Å². The van der Waals surface area contributed by atoms with Crippen molar-refractivity contribution < 1.29 is 9.53 Å². The zero-order valence-corrected chi connectivity index (χ0v) is 13.7. The van der Waals surface area contributed by atoms with Crippen LogP contribution in [-0.4, -0.2) is 29.9 Å². The number of carbonyl (C=O) groups is 1. The van der Waals surface area contributed by atoms with Crippen LogP contribution in [0.2, 0.25) is 0 Å². The fourth-order valence-corrected chi connectivity index (χ4v) is 2.56. The molecule has 0 radical (unpaired) electrons. The molecule has 3 N–H and O–H groups in total.